The molecule has 1 N–H and O–H groups in total. The van der Waals surface area contributed by atoms with Crippen molar-refractivity contribution < 1.29 is 27.5 Å². The molecule has 0 unspecified atom stereocenters. The highest BCUT2D eigenvalue weighted by atomic mass is 32.2. The molecule has 0 radical (unpaired) electrons. The van der Waals surface area contributed by atoms with Crippen LogP contribution >= 0.6 is 0 Å². The Labute approximate surface area is 128 Å². The number of ether oxygens (including phenoxy) is 2. The fraction of sp³-hybridized carbons (Fsp3) is 0.429. The maximum atomic E-state index is 12.3. The van der Waals surface area contributed by atoms with Crippen LogP contribution in [0.4, 0.5) is 0 Å². The van der Waals surface area contributed by atoms with Gasteiger partial charge >= 0.3 is 5.97 Å². The van der Waals surface area contributed by atoms with Crippen molar-refractivity contribution in [3.05, 3.63) is 23.8 Å². The molecular formula is C14H17NO6S. The van der Waals surface area contributed by atoms with Crippen LogP contribution in [-0.4, -0.2) is 39.9 Å². The number of esters is 1. The molecule has 0 aliphatic heterocycles. The zero-order valence-corrected chi connectivity index (χ0v) is 13.1. The molecule has 1 fully saturated rings. The first-order valence-electron chi connectivity index (χ1n) is 6.70. The summed E-state index contributed by atoms with van der Waals surface area (Å²) in [4.78, 5) is 22.5. The summed E-state index contributed by atoms with van der Waals surface area (Å²) >= 11 is 0. The second-order valence-electron chi connectivity index (χ2n) is 5.04. The maximum absolute atomic E-state index is 12.3. The average Bonchev–Trinajstić information content (AvgIpc) is 3.27. The molecule has 8 heteroatoms. The van der Waals surface area contributed by atoms with E-state index in [4.69, 9.17) is 9.47 Å². The molecule has 0 saturated heterocycles. The van der Waals surface area contributed by atoms with Crippen LogP contribution in [0.3, 0.4) is 0 Å². The third-order valence-corrected chi connectivity index (χ3v) is 4.54. The lowest BCUT2D eigenvalue weighted by molar-refractivity contribution is -0.120. The first-order valence-corrected chi connectivity index (χ1v) is 8.18. The summed E-state index contributed by atoms with van der Waals surface area (Å²) < 4.78 is 37.0. The molecule has 0 heterocycles. The predicted molar refractivity (Wildman–Crippen MR) is 77.3 cm³/mol. The highest BCUT2D eigenvalue weighted by Crippen LogP contribution is 2.28. The SMILES string of the molecule is COc1ccc(C(=O)OCC(C)=O)cc1S(=O)(=O)NC1CC1. The Hall–Kier alpha value is -1.93. The quantitative estimate of drug-likeness (QED) is 0.747. The molecule has 120 valence electrons. The molecule has 1 aliphatic carbocycles. The van der Waals surface area contributed by atoms with E-state index in [0.717, 1.165) is 12.8 Å². The number of carbonyl (C=O) groups excluding carboxylic acids is 2. The fourth-order valence-electron chi connectivity index (χ4n) is 1.75. The maximum Gasteiger partial charge on any atom is 0.338 e. The Morgan fingerprint density at radius 2 is 2.00 bits per heavy atom. The zero-order chi connectivity index (χ0) is 16.3. The van der Waals surface area contributed by atoms with Gasteiger partial charge in [0.25, 0.3) is 0 Å². The molecule has 0 atom stereocenters. The third-order valence-electron chi connectivity index (χ3n) is 2.99. The largest absolute Gasteiger partial charge is 0.495 e. The number of sulfonamides is 1. The van der Waals surface area contributed by atoms with Gasteiger partial charge in [-0.3, -0.25) is 4.79 Å². The van der Waals surface area contributed by atoms with E-state index in [-0.39, 0.29) is 34.6 Å². The van der Waals surface area contributed by atoms with E-state index < -0.39 is 16.0 Å². The van der Waals surface area contributed by atoms with E-state index in [2.05, 4.69) is 4.72 Å². The van der Waals surface area contributed by atoms with Crippen LogP contribution in [0.15, 0.2) is 23.1 Å². The normalized spacial score (nSPS) is 14.5. The summed E-state index contributed by atoms with van der Waals surface area (Å²) in [7, 11) is -2.43. The van der Waals surface area contributed by atoms with Crippen LogP contribution in [0.25, 0.3) is 0 Å². The third kappa shape index (κ3) is 4.05. The van der Waals surface area contributed by atoms with E-state index in [9.17, 15) is 18.0 Å². The van der Waals surface area contributed by atoms with E-state index >= 15 is 0 Å². The number of benzene rings is 1. The van der Waals surface area contributed by atoms with Gasteiger partial charge in [0.15, 0.2) is 5.78 Å². The van der Waals surface area contributed by atoms with Gasteiger partial charge in [-0.1, -0.05) is 0 Å². The second kappa shape index (κ2) is 6.45. The van der Waals surface area contributed by atoms with E-state index in [0.29, 0.717) is 0 Å². The van der Waals surface area contributed by atoms with Crippen LogP contribution in [0.5, 0.6) is 5.75 Å². The molecule has 7 nitrogen and oxygen atoms in total. The minimum absolute atomic E-state index is 0.0400. The van der Waals surface area contributed by atoms with E-state index in [1.807, 2.05) is 0 Å². The molecule has 1 saturated carbocycles. The van der Waals surface area contributed by atoms with Crippen LogP contribution in [0.2, 0.25) is 0 Å². The number of carbonyl (C=O) groups is 2. The lowest BCUT2D eigenvalue weighted by Gasteiger charge is -2.11. The number of methoxy groups -OCH3 is 1. The van der Waals surface area contributed by atoms with Crippen LogP contribution in [-0.2, 0) is 19.6 Å². The number of rotatable bonds is 7. The van der Waals surface area contributed by atoms with Crippen molar-refractivity contribution in [1.82, 2.24) is 4.72 Å². The minimum Gasteiger partial charge on any atom is -0.495 e. The Balaban J connectivity index is 2.29. The molecule has 2 rings (SSSR count). The molecule has 1 aliphatic rings. The van der Waals surface area contributed by atoms with Gasteiger partial charge < -0.3 is 9.47 Å². The van der Waals surface area contributed by atoms with Crippen molar-refractivity contribution in [2.24, 2.45) is 0 Å². The van der Waals surface area contributed by atoms with E-state index in [1.165, 1.54) is 32.2 Å². The fourth-order valence-corrected chi connectivity index (χ4v) is 3.25. The minimum atomic E-state index is -3.78. The van der Waals surface area contributed by atoms with Gasteiger partial charge in [0, 0.05) is 6.04 Å². The Bertz CT molecular complexity index is 693. The van der Waals surface area contributed by atoms with Gasteiger partial charge in [0.05, 0.1) is 12.7 Å². The molecule has 1 aromatic carbocycles. The van der Waals surface area contributed by atoms with Crippen LogP contribution in [0.1, 0.15) is 30.1 Å². The summed E-state index contributed by atoms with van der Waals surface area (Å²) in [5, 5.41) is 0. The second-order valence-corrected chi connectivity index (χ2v) is 6.72. The van der Waals surface area contributed by atoms with E-state index in [1.54, 1.807) is 0 Å². The molecule has 1 aromatic rings. The van der Waals surface area contributed by atoms with Crippen molar-refractivity contribution in [1.29, 1.82) is 0 Å². The molecule has 22 heavy (non-hydrogen) atoms. The van der Waals surface area contributed by atoms with Crippen molar-refractivity contribution in [3.63, 3.8) is 0 Å². The van der Waals surface area contributed by atoms with Crippen molar-refractivity contribution >= 4 is 21.8 Å². The average molecular weight is 327 g/mol. The summed E-state index contributed by atoms with van der Waals surface area (Å²) in [6.07, 6.45) is 1.59. The number of ketones is 1. The monoisotopic (exact) mass is 327 g/mol. The van der Waals surface area contributed by atoms with Gasteiger partial charge in [-0.25, -0.2) is 17.9 Å². The predicted octanol–water partition coefficient (Wildman–Crippen LogP) is 0.882. The lowest BCUT2D eigenvalue weighted by atomic mass is 10.2. The van der Waals surface area contributed by atoms with Crippen molar-refractivity contribution in [3.8, 4) is 5.75 Å². The van der Waals surface area contributed by atoms with Gasteiger partial charge in [-0.15, -0.1) is 0 Å². The number of hydrogen-bond acceptors (Lipinski definition) is 6. The summed E-state index contributed by atoms with van der Waals surface area (Å²) in [6.45, 7) is 0.935. The number of Topliss-reactive ketones (excluding diaryl/α,β-unsaturated/α-hetero) is 1. The van der Waals surface area contributed by atoms with Gasteiger partial charge in [-0.05, 0) is 38.0 Å². The van der Waals surface area contributed by atoms with Gasteiger partial charge in [0.2, 0.25) is 10.0 Å². The number of hydrogen-bond donors (Lipinski definition) is 1. The Morgan fingerprint density at radius 3 is 2.55 bits per heavy atom. The number of nitrogens with one attached hydrogen (secondary N) is 1. The summed E-state index contributed by atoms with van der Waals surface area (Å²) in [5.74, 6) is -0.929. The van der Waals surface area contributed by atoms with Crippen LogP contribution in [0, 0.1) is 0 Å². The topological polar surface area (TPSA) is 98.8 Å². The Kier molecular flexibility index (Phi) is 4.82. The summed E-state index contributed by atoms with van der Waals surface area (Å²) in [6, 6.07) is 3.89. The Morgan fingerprint density at radius 1 is 1.32 bits per heavy atom. The molecule has 0 amide bonds. The van der Waals surface area contributed by atoms with Crippen molar-refractivity contribution in [2.45, 2.75) is 30.7 Å². The highest BCUT2D eigenvalue weighted by molar-refractivity contribution is 7.89. The first-order chi connectivity index (χ1) is 10.3. The molecular weight excluding hydrogens is 310 g/mol. The molecule has 0 bridgehead atoms. The van der Waals surface area contributed by atoms with Crippen LogP contribution < -0.4 is 9.46 Å². The van der Waals surface area contributed by atoms with Gasteiger partial charge in [-0.2, -0.15) is 0 Å². The van der Waals surface area contributed by atoms with Crippen molar-refractivity contribution in [2.75, 3.05) is 13.7 Å². The molecule has 0 spiro atoms. The highest BCUT2D eigenvalue weighted by Gasteiger charge is 2.30. The zero-order valence-electron chi connectivity index (χ0n) is 12.3. The summed E-state index contributed by atoms with van der Waals surface area (Å²) in [5.41, 5.74) is 0.0400. The smallest absolute Gasteiger partial charge is 0.338 e. The van der Waals surface area contributed by atoms with Gasteiger partial charge in [0.1, 0.15) is 17.3 Å². The first kappa shape index (κ1) is 16.4. The standard InChI is InChI=1S/C14H17NO6S/c1-9(16)8-21-14(17)10-3-6-12(20-2)13(7-10)22(18,19)15-11-4-5-11/h3,6-7,11,15H,4-5,8H2,1-2H3. The lowest BCUT2D eigenvalue weighted by Crippen LogP contribution is -2.26. The molecule has 0 aromatic heterocycles.